The van der Waals surface area contributed by atoms with Crippen molar-refractivity contribution in [3.63, 3.8) is 0 Å². The second-order valence-corrected chi connectivity index (χ2v) is 5.91. The van der Waals surface area contributed by atoms with Gasteiger partial charge in [-0.05, 0) is 70.7 Å². The van der Waals surface area contributed by atoms with Gasteiger partial charge in [0.05, 0.1) is 4.47 Å². The molecule has 2 aromatic rings. The van der Waals surface area contributed by atoms with E-state index in [2.05, 4.69) is 28.2 Å². The van der Waals surface area contributed by atoms with Gasteiger partial charge in [-0.2, -0.15) is 0 Å². The molecule has 0 fully saturated rings. The van der Waals surface area contributed by atoms with E-state index in [4.69, 9.17) is 0 Å². The highest BCUT2D eigenvalue weighted by Crippen LogP contribution is 2.25. The smallest absolute Gasteiger partial charge is 0.137 e. The molecule has 0 radical (unpaired) electrons. The Kier molecular flexibility index (Phi) is 5.76. The lowest BCUT2D eigenvalue weighted by Gasteiger charge is -2.20. The van der Waals surface area contributed by atoms with E-state index >= 15 is 0 Å². The lowest BCUT2D eigenvalue weighted by Crippen LogP contribution is -2.24. The second kappa shape index (κ2) is 7.57. The van der Waals surface area contributed by atoms with Gasteiger partial charge < -0.3 is 10.4 Å². The summed E-state index contributed by atoms with van der Waals surface area (Å²) in [7, 11) is 0. The van der Waals surface area contributed by atoms with Crippen LogP contribution in [0.3, 0.4) is 0 Å². The van der Waals surface area contributed by atoms with Crippen LogP contribution in [-0.2, 0) is 6.42 Å². The molecule has 0 spiro atoms. The molecule has 0 saturated carbocycles. The fraction of sp³-hybridized carbons (Fsp3) is 0.294. The monoisotopic (exact) mass is 351 g/mol. The molecule has 21 heavy (non-hydrogen) atoms. The molecule has 2 nitrogen and oxygen atoms in total. The van der Waals surface area contributed by atoms with Gasteiger partial charge in [-0.25, -0.2) is 4.39 Å². The Balaban J connectivity index is 2.22. The van der Waals surface area contributed by atoms with E-state index < -0.39 is 0 Å². The van der Waals surface area contributed by atoms with Gasteiger partial charge in [-0.15, -0.1) is 0 Å². The van der Waals surface area contributed by atoms with Crippen LogP contribution in [0.1, 0.15) is 30.5 Å². The van der Waals surface area contributed by atoms with Crippen LogP contribution in [0.25, 0.3) is 0 Å². The average Bonchev–Trinajstić information content (AvgIpc) is 2.46. The number of hydrogen-bond donors (Lipinski definition) is 2. The van der Waals surface area contributed by atoms with E-state index in [1.807, 2.05) is 18.2 Å². The van der Waals surface area contributed by atoms with Gasteiger partial charge >= 0.3 is 0 Å². The van der Waals surface area contributed by atoms with E-state index in [1.54, 1.807) is 18.2 Å². The van der Waals surface area contributed by atoms with Crippen molar-refractivity contribution in [2.75, 3.05) is 6.54 Å². The first-order chi connectivity index (χ1) is 10.1. The molecule has 0 aliphatic rings. The molecule has 0 saturated heterocycles. The molecule has 112 valence electrons. The first-order valence-corrected chi connectivity index (χ1v) is 7.85. The van der Waals surface area contributed by atoms with Crippen LogP contribution in [0.2, 0.25) is 0 Å². The summed E-state index contributed by atoms with van der Waals surface area (Å²) in [6, 6.07) is 12.4. The fourth-order valence-corrected chi connectivity index (χ4v) is 2.67. The predicted molar refractivity (Wildman–Crippen MR) is 86.9 cm³/mol. The highest BCUT2D eigenvalue weighted by Gasteiger charge is 2.13. The summed E-state index contributed by atoms with van der Waals surface area (Å²) in [4.78, 5) is 0. The average molecular weight is 352 g/mol. The largest absolute Gasteiger partial charge is 0.508 e. The number of phenols is 1. The lowest BCUT2D eigenvalue weighted by molar-refractivity contribution is 0.472. The summed E-state index contributed by atoms with van der Waals surface area (Å²) in [5.41, 5.74) is 2.07. The van der Waals surface area contributed by atoms with Crippen molar-refractivity contribution in [1.29, 1.82) is 0 Å². The fourth-order valence-electron chi connectivity index (χ4n) is 2.27. The maximum Gasteiger partial charge on any atom is 0.137 e. The van der Waals surface area contributed by atoms with Gasteiger partial charge in [0.1, 0.15) is 11.6 Å². The maximum absolute atomic E-state index is 13.4. The van der Waals surface area contributed by atoms with Crippen LogP contribution < -0.4 is 5.32 Å². The third kappa shape index (κ3) is 4.55. The van der Waals surface area contributed by atoms with E-state index in [9.17, 15) is 9.50 Å². The van der Waals surface area contributed by atoms with Crippen molar-refractivity contribution < 1.29 is 9.50 Å². The Labute approximate surface area is 133 Å². The number of aromatic hydroxyl groups is 1. The number of nitrogens with one attached hydrogen (secondary N) is 1. The zero-order chi connectivity index (χ0) is 15.2. The van der Waals surface area contributed by atoms with Gasteiger partial charge in [0.15, 0.2) is 0 Å². The summed E-state index contributed by atoms with van der Waals surface area (Å²) in [5, 5.41) is 13.1. The Bertz CT molecular complexity index is 603. The number of halogens is 2. The van der Waals surface area contributed by atoms with Crippen LogP contribution in [-0.4, -0.2) is 11.7 Å². The number of rotatable bonds is 6. The zero-order valence-electron chi connectivity index (χ0n) is 11.9. The summed E-state index contributed by atoms with van der Waals surface area (Å²) >= 11 is 3.24. The number of benzene rings is 2. The van der Waals surface area contributed by atoms with Gasteiger partial charge in [0.2, 0.25) is 0 Å². The van der Waals surface area contributed by atoms with Gasteiger partial charge in [-0.1, -0.05) is 25.1 Å². The Morgan fingerprint density at radius 1 is 1.24 bits per heavy atom. The molecule has 0 aliphatic heterocycles. The van der Waals surface area contributed by atoms with Crippen molar-refractivity contribution in [2.24, 2.45) is 0 Å². The van der Waals surface area contributed by atoms with Gasteiger partial charge in [0, 0.05) is 6.04 Å². The minimum Gasteiger partial charge on any atom is -0.508 e. The van der Waals surface area contributed by atoms with Crippen molar-refractivity contribution in [3.05, 3.63) is 63.9 Å². The summed E-state index contributed by atoms with van der Waals surface area (Å²) in [6.45, 7) is 3.00. The molecule has 0 heterocycles. The van der Waals surface area contributed by atoms with Crippen LogP contribution in [0.4, 0.5) is 4.39 Å². The van der Waals surface area contributed by atoms with Crippen LogP contribution in [0.5, 0.6) is 5.75 Å². The van der Waals surface area contributed by atoms with E-state index in [1.165, 1.54) is 6.07 Å². The molecule has 0 aliphatic carbocycles. The van der Waals surface area contributed by atoms with Crippen molar-refractivity contribution >= 4 is 15.9 Å². The highest BCUT2D eigenvalue weighted by atomic mass is 79.9. The SMILES string of the molecule is CCCNC(Cc1cccc(O)c1)c1ccc(F)c(Br)c1. The summed E-state index contributed by atoms with van der Waals surface area (Å²) in [6.07, 6.45) is 1.77. The molecule has 1 atom stereocenters. The van der Waals surface area contributed by atoms with Crippen LogP contribution in [0.15, 0.2) is 46.9 Å². The quantitative estimate of drug-likeness (QED) is 0.798. The topological polar surface area (TPSA) is 32.3 Å². The third-order valence-corrected chi connectivity index (χ3v) is 3.94. The van der Waals surface area contributed by atoms with Crippen molar-refractivity contribution in [1.82, 2.24) is 5.32 Å². The minimum absolute atomic E-state index is 0.0867. The molecule has 2 N–H and O–H groups in total. The first kappa shape index (κ1) is 16.0. The standard InChI is InChI=1S/C17H19BrFNO/c1-2-8-20-17(10-12-4-3-5-14(21)9-12)13-6-7-16(19)15(18)11-13/h3-7,9,11,17,20-21H,2,8,10H2,1H3. The lowest BCUT2D eigenvalue weighted by atomic mass is 9.98. The van der Waals surface area contributed by atoms with Crippen molar-refractivity contribution in [2.45, 2.75) is 25.8 Å². The molecular weight excluding hydrogens is 333 g/mol. The zero-order valence-corrected chi connectivity index (χ0v) is 13.5. The molecule has 0 amide bonds. The van der Waals surface area contributed by atoms with E-state index in [0.29, 0.717) is 4.47 Å². The van der Waals surface area contributed by atoms with E-state index in [0.717, 1.165) is 30.5 Å². The molecular formula is C17H19BrFNO. The molecule has 2 aromatic carbocycles. The second-order valence-electron chi connectivity index (χ2n) is 5.05. The van der Waals surface area contributed by atoms with Crippen LogP contribution >= 0.6 is 15.9 Å². The van der Waals surface area contributed by atoms with Crippen LogP contribution in [0, 0.1) is 5.82 Å². The van der Waals surface area contributed by atoms with Crippen molar-refractivity contribution in [3.8, 4) is 5.75 Å². The Hall–Kier alpha value is -1.39. The summed E-state index contributed by atoms with van der Waals surface area (Å²) < 4.78 is 13.9. The normalized spacial score (nSPS) is 12.3. The molecule has 0 bridgehead atoms. The Morgan fingerprint density at radius 2 is 2.05 bits per heavy atom. The molecule has 2 rings (SSSR count). The number of hydrogen-bond acceptors (Lipinski definition) is 2. The summed E-state index contributed by atoms with van der Waals surface area (Å²) in [5.74, 6) is 0.00683. The predicted octanol–water partition coefficient (Wildman–Crippen LogP) is 4.58. The minimum atomic E-state index is -0.259. The molecule has 0 aromatic heterocycles. The Morgan fingerprint density at radius 3 is 2.71 bits per heavy atom. The molecule has 4 heteroatoms. The molecule has 1 unspecified atom stereocenters. The van der Waals surface area contributed by atoms with Gasteiger partial charge in [-0.3, -0.25) is 0 Å². The number of phenolic OH excluding ortho intramolecular Hbond substituents is 1. The highest BCUT2D eigenvalue weighted by molar-refractivity contribution is 9.10. The van der Waals surface area contributed by atoms with E-state index in [-0.39, 0.29) is 17.6 Å². The van der Waals surface area contributed by atoms with Gasteiger partial charge in [0.25, 0.3) is 0 Å². The third-order valence-electron chi connectivity index (χ3n) is 3.34. The maximum atomic E-state index is 13.4. The first-order valence-electron chi connectivity index (χ1n) is 7.06.